The molecule has 0 saturated heterocycles. The van der Waals surface area contributed by atoms with E-state index in [1.165, 1.54) is 10.9 Å². The number of hydrogen-bond donors (Lipinski definition) is 0. The molecule has 5 nitrogen and oxygen atoms in total. The number of fused-ring (bicyclic) bond motifs is 1. The number of halogens is 1. The summed E-state index contributed by atoms with van der Waals surface area (Å²) < 4.78 is 2.15. The third-order valence-electron chi connectivity index (χ3n) is 3.78. The Morgan fingerprint density at radius 1 is 1.21 bits per heavy atom. The second-order valence-corrected chi connectivity index (χ2v) is 6.23. The maximum Gasteiger partial charge on any atom is 0.261 e. The minimum absolute atomic E-state index is 0.0446. The van der Waals surface area contributed by atoms with Gasteiger partial charge in [0.15, 0.2) is 0 Å². The van der Waals surface area contributed by atoms with E-state index in [4.69, 9.17) is 0 Å². The number of hydrogen-bond acceptors (Lipinski definition) is 3. The number of carbonyl (C=O) groups excluding carboxylic acids is 1. The van der Waals surface area contributed by atoms with Crippen LogP contribution in [0.3, 0.4) is 0 Å². The number of amides is 1. The summed E-state index contributed by atoms with van der Waals surface area (Å²) in [5.41, 5.74) is 1.20. The first-order valence-electron chi connectivity index (χ1n) is 7.60. The first kappa shape index (κ1) is 16.4. The lowest BCUT2D eigenvalue weighted by Crippen LogP contribution is -2.36. The summed E-state index contributed by atoms with van der Waals surface area (Å²) in [6, 6.07) is 14.7. The number of nitrogens with zero attached hydrogens (tertiary/aromatic N) is 3. The lowest BCUT2D eigenvalue weighted by Gasteiger charge is -2.21. The Labute approximate surface area is 147 Å². The summed E-state index contributed by atoms with van der Waals surface area (Å²) in [4.78, 5) is 31.1. The smallest absolute Gasteiger partial charge is 0.261 e. The van der Waals surface area contributed by atoms with Crippen molar-refractivity contribution in [1.29, 1.82) is 0 Å². The quantitative estimate of drug-likeness (QED) is 0.692. The Hall–Kier alpha value is -2.47. The number of rotatable bonds is 4. The number of benzene rings is 2. The van der Waals surface area contributed by atoms with Crippen molar-refractivity contribution in [2.75, 3.05) is 11.4 Å². The maximum absolute atomic E-state index is 12.6. The zero-order valence-electron chi connectivity index (χ0n) is 13.1. The van der Waals surface area contributed by atoms with Gasteiger partial charge in [-0.25, -0.2) is 4.98 Å². The van der Waals surface area contributed by atoms with Crippen LogP contribution in [0.2, 0.25) is 0 Å². The minimum Gasteiger partial charge on any atom is -0.311 e. The zero-order valence-corrected chi connectivity index (χ0v) is 14.7. The lowest BCUT2D eigenvalue weighted by molar-refractivity contribution is -0.119. The van der Waals surface area contributed by atoms with Crippen LogP contribution >= 0.6 is 15.9 Å². The minimum atomic E-state index is -0.223. The van der Waals surface area contributed by atoms with Gasteiger partial charge in [0, 0.05) is 16.7 Å². The highest BCUT2D eigenvalue weighted by Gasteiger charge is 2.15. The molecule has 0 atom stereocenters. The molecule has 24 heavy (non-hydrogen) atoms. The molecule has 3 rings (SSSR count). The van der Waals surface area contributed by atoms with E-state index < -0.39 is 0 Å². The topological polar surface area (TPSA) is 55.2 Å². The molecule has 6 heteroatoms. The van der Waals surface area contributed by atoms with Gasteiger partial charge < -0.3 is 4.90 Å². The Morgan fingerprint density at radius 3 is 2.67 bits per heavy atom. The average Bonchev–Trinajstić information content (AvgIpc) is 2.59. The standard InChI is InChI=1S/C18H16BrN3O2/c1-2-22(14-6-4-3-5-7-14)17(23)11-21-12-20-16-9-8-13(19)10-15(16)18(21)24/h3-10,12H,2,11H2,1H3. The lowest BCUT2D eigenvalue weighted by atomic mass is 10.2. The zero-order chi connectivity index (χ0) is 17.1. The van der Waals surface area contributed by atoms with Gasteiger partial charge in [-0.05, 0) is 37.3 Å². The number of aromatic nitrogens is 2. The molecule has 3 aromatic rings. The number of para-hydroxylation sites is 1. The van der Waals surface area contributed by atoms with Crippen LogP contribution in [-0.4, -0.2) is 22.0 Å². The summed E-state index contributed by atoms with van der Waals surface area (Å²) in [5, 5.41) is 0.488. The van der Waals surface area contributed by atoms with Gasteiger partial charge in [-0.15, -0.1) is 0 Å². The predicted molar refractivity (Wildman–Crippen MR) is 98.2 cm³/mol. The van der Waals surface area contributed by atoms with E-state index >= 15 is 0 Å². The fourth-order valence-corrected chi connectivity index (χ4v) is 2.95. The molecule has 0 aliphatic rings. The summed E-state index contributed by atoms with van der Waals surface area (Å²) in [7, 11) is 0. The molecule has 0 bridgehead atoms. The second-order valence-electron chi connectivity index (χ2n) is 5.31. The molecule has 0 saturated carbocycles. The molecular weight excluding hydrogens is 370 g/mol. The van der Waals surface area contributed by atoms with Crippen molar-refractivity contribution in [2.24, 2.45) is 0 Å². The highest BCUT2D eigenvalue weighted by Crippen LogP contribution is 2.16. The van der Waals surface area contributed by atoms with Gasteiger partial charge in [-0.1, -0.05) is 34.1 Å². The average molecular weight is 386 g/mol. The van der Waals surface area contributed by atoms with Crippen molar-refractivity contribution in [3.8, 4) is 0 Å². The summed E-state index contributed by atoms with van der Waals surface area (Å²) >= 11 is 3.36. The highest BCUT2D eigenvalue weighted by molar-refractivity contribution is 9.10. The van der Waals surface area contributed by atoms with E-state index in [1.54, 1.807) is 17.0 Å². The third kappa shape index (κ3) is 3.23. The van der Waals surface area contributed by atoms with Gasteiger partial charge in [0.05, 0.1) is 17.2 Å². The van der Waals surface area contributed by atoms with E-state index in [1.807, 2.05) is 43.3 Å². The SMILES string of the molecule is CCN(C(=O)Cn1cnc2ccc(Br)cc2c1=O)c1ccccc1. The van der Waals surface area contributed by atoms with Gasteiger partial charge in [0.25, 0.3) is 5.56 Å². The van der Waals surface area contributed by atoms with Crippen molar-refractivity contribution in [3.05, 3.63) is 69.7 Å². The highest BCUT2D eigenvalue weighted by atomic mass is 79.9. The van der Waals surface area contributed by atoms with Gasteiger partial charge >= 0.3 is 0 Å². The van der Waals surface area contributed by atoms with Crippen molar-refractivity contribution in [3.63, 3.8) is 0 Å². The Morgan fingerprint density at radius 2 is 1.96 bits per heavy atom. The Bertz CT molecular complexity index is 938. The van der Waals surface area contributed by atoms with Gasteiger partial charge in [-0.3, -0.25) is 14.2 Å². The molecule has 0 fully saturated rings. The van der Waals surface area contributed by atoms with Crippen molar-refractivity contribution >= 4 is 38.4 Å². The van der Waals surface area contributed by atoms with Crippen LogP contribution in [0.4, 0.5) is 5.69 Å². The number of likely N-dealkylation sites (N-methyl/N-ethyl adjacent to an activating group) is 1. The Kier molecular flexibility index (Phi) is 4.76. The molecule has 122 valence electrons. The summed E-state index contributed by atoms with van der Waals surface area (Å²) in [6.45, 7) is 2.39. The van der Waals surface area contributed by atoms with Crippen LogP contribution in [0.15, 0.2) is 64.1 Å². The summed E-state index contributed by atoms with van der Waals surface area (Å²) in [6.07, 6.45) is 1.43. The van der Waals surface area contributed by atoms with E-state index in [2.05, 4.69) is 20.9 Å². The van der Waals surface area contributed by atoms with Crippen LogP contribution in [0.25, 0.3) is 10.9 Å². The molecule has 0 N–H and O–H groups in total. The van der Waals surface area contributed by atoms with Crippen LogP contribution < -0.4 is 10.5 Å². The molecule has 0 spiro atoms. The van der Waals surface area contributed by atoms with Crippen LogP contribution in [0.5, 0.6) is 0 Å². The normalized spacial score (nSPS) is 10.8. The van der Waals surface area contributed by atoms with E-state index in [9.17, 15) is 9.59 Å². The molecule has 1 aromatic heterocycles. The Balaban J connectivity index is 1.93. The molecule has 1 heterocycles. The van der Waals surface area contributed by atoms with Crippen molar-refractivity contribution < 1.29 is 4.79 Å². The number of carbonyl (C=O) groups is 1. The first-order valence-corrected chi connectivity index (χ1v) is 8.39. The maximum atomic E-state index is 12.6. The summed E-state index contributed by atoms with van der Waals surface area (Å²) in [5.74, 6) is -0.151. The third-order valence-corrected chi connectivity index (χ3v) is 4.27. The fraction of sp³-hybridized carbons (Fsp3) is 0.167. The molecule has 0 radical (unpaired) electrons. The van der Waals surface area contributed by atoms with Crippen LogP contribution in [0, 0.1) is 0 Å². The molecule has 0 unspecified atom stereocenters. The molecular formula is C18H16BrN3O2. The van der Waals surface area contributed by atoms with Gasteiger partial charge in [0.1, 0.15) is 6.54 Å². The monoisotopic (exact) mass is 385 g/mol. The molecule has 1 amide bonds. The largest absolute Gasteiger partial charge is 0.311 e. The van der Waals surface area contributed by atoms with E-state index in [0.717, 1.165) is 10.2 Å². The van der Waals surface area contributed by atoms with Crippen LogP contribution in [-0.2, 0) is 11.3 Å². The van der Waals surface area contributed by atoms with Crippen molar-refractivity contribution in [1.82, 2.24) is 9.55 Å². The molecule has 0 aliphatic heterocycles. The fourth-order valence-electron chi connectivity index (χ4n) is 2.59. The van der Waals surface area contributed by atoms with E-state index in [0.29, 0.717) is 17.4 Å². The van der Waals surface area contributed by atoms with Crippen molar-refractivity contribution in [2.45, 2.75) is 13.5 Å². The van der Waals surface area contributed by atoms with E-state index in [-0.39, 0.29) is 18.0 Å². The second kappa shape index (κ2) is 6.97. The number of anilines is 1. The van der Waals surface area contributed by atoms with Gasteiger partial charge in [0.2, 0.25) is 5.91 Å². The van der Waals surface area contributed by atoms with Gasteiger partial charge in [-0.2, -0.15) is 0 Å². The predicted octanol–water partition coefficient (Wildman–Crippen LogP) is 3.21. The molecule has 0 aliphatic carbocycles. The molecule has 2 aromatic carbocycles. The first-order chi connectivity index (χ1) is 11.6. The van der Waals surface area contributed by atoms with Crippen LogP contribution in [0.1, 0.15) is 6.92 Å².